The Morgan fingerprint density at radius 3 is 2.73 bits per heavy atom. The molecule has 0 aliphatic rings. The maximum absolute atomic E-state index is 11.8. The van der Waals surface area contributed by atoms with Crippen molar-refractivity contribution in [3.8, 4) is 11.5 Å². The summed E-state index contributed by atoms with van der Waals surface area (Å²) in [4.78, 5) is 11.8. The maximum atomic E-state index is 11.8. The third kappa shape index (κ3) is 6.18. The molecule has 0 fully saturated rings. The standard InChI is InChI=1S/C17H25NO4/c1-5-10-22-15-8-6-14(11-16(15)21-4)7-9-17(19)18-13(2)12-20-3/h6-9,11,13H,5,10,12H2,1-4H3,(H,18,19). The zero-order valence-corrected chi connectivity index (χ0v) is 13.7. The first-order valence-corrected chi connectivity index (χ1v) is 7.39. The summed E-state index contributed by atoms with van der Waals surface area (Å²) in [6.07, 6.45) is 4.17. The summed E-state index contributed by atoms with van der Waals surface area (Å²) in [5, 5.41) is 2.81. The van der Waals surface area contributed by atoms with Gasteiger partial charge in [-0.05, 0) is 37.1 Å². The van der Waals surface area contributed by atoms with Crippen LogP contribution in [-0.2, 0) is 9.53 Å². The van der Waals surface area contributed by atoms with Gasteiger partial charge in [0.1, 0.15) is 0 Å². The van der Waals surface area contributed by atoms with E-state index in [1.165, 1.54) is 6.08 Å². The topological polar surface area (TPSA) is 56.8 Å². The van der Waals surface area contributed by atoms with Gasteiger partial charge in [-0.25, -0.2) is 0 Å². The fourth-order valence-corrected chi connectivity index (χ4v) is 1.87. The van der Waals surface area contributed by atoms with Crippen molar-refractivity contribution in [2.75, 3.05) is 27.4 Å². The molecule has 22 heavy (non-hydrogen) atoms. The molecule has 1 atom stereocenters. The smallest absolute Gasteiger partial charge is 0.244 e. The van der Waals surface area contributed by atoms with Gasteiger partial charge in [0, 0.05) is 19.2 Å². The molecule has 0 spiro atoms. The number of carbonyl (C=O) groups excluding carboxylic acids is 1. The second kappa shape index (κ2) is 9.84. The molecular formula is C17H25NO4. The van der Waals surface area contributed by atoms with Crippen LogP contribution in [0, 0.1) is 0 Å². The Balaban J connectivity index is 2.68. The third-order valence-corrected chi connectivity index (χ3v) is 2.88. The molecule has 5 heteroatoms. The number of hydrogen-bond donors (Lipinski definition) is 1. The van der Waals surface area contributed by atoms with E-state index >= 15 is 0 Å². The Bertz CT molecular complexity index is 499. The molecule has 0 bridgehead atoms. The molecule has 5 nitrogen and oxygen atoms in total. The molecule has 1 aromatic carbocycles. The summed E-state index contributed by atoms with van der Waals surface area (Å²) >= 11 is 0. The molecule has 122 valence electrons. The summed E-state index contributed by atoms with van der Waals surface area (Å²) in [6.45, 7) is 5.06. The van der Waals surface area contributed by atoms with Crippen molar-refractivity contribution in [2.24, 2.45) is 0 Å². The Kier molecular flexibility index (Phi) is 8.07. The Morgan fingerprint density at radius 1 is 1.32 bits per heavy atom. The van der Waals surface area contributed by atoms with Crippen LogP contribution >= 0.6 is 0 Å². The minimum atomic E-state index is -0.158. The Morgan fingerprint density at radius 2 is 2.09 bits per heavy atom. The number of ether oxygens (including phenoxy) is 3. The van der Waals surface area contributed by atoms with Gasteiger partial charge in [0.2, 0.25) is 5.91 Å². The number of benzene rings is 1. The monoisotopic (exact) mass is 307 g/mol. The first kappa shape index (κ1) is 18.0. The molecule has 1 aromatic rings. The van der Waals surface area contributed by atoms with Gasteiger partial charge in [0.05, 0.1) is 20.3 Å². The lowest BCUT2D eigenvalue weighted by atomic mass is 10.2. The molecule has 1 unspecified atom stereocenters. The van der Waals surface area contributed by atoms with Crippen LogP contribution in [-0.4, -0.2) is 39.4 Å². The van der Waals surface area contributed by atoms with E-state index in [4.69, 9.17) is 14.2 Å². The second-order valence-electron chi connectivity index (χ2n) is 4.96. The van der Waals surface area contributed by atoms with Crippen LogP contribution < -0.4 is 14.8 Å². The number of methoxy groups -OCH3 is 2. The van der Waals surface area contributed by atoms with E-state index in [1.807, 2.05) is 32.0 Å². The van der Waals surface area contributed by atoms with Crippen molar-refractivity contribution in [3.63, 3.8) is 0 Å². The van der Waals surface area contributed by atoms with E-state index in [0.717, 1.165) is 12.0 Å². The Labute approximate surface area is 132 Å². The highest BCUT2D eigenvalue weighted by Gasteiger charge is 2.06. The Hall–Kier alpha value is -2.01. The van der Waals surface area contributed by atoms with E-state index in [0.29, 0.717) is 24.7 Å². The predicted octanol–water partition coefficient (Wildman–Crippen LogP) is 2.65. The number of nitrogens with one attached hydrogen (secondary N) is 1. The van der Waals surface area contributed by atoms with Gasteiger partial charge < -0.3 is 19.5 Å². The van der Waals surface area contributed by atoms with Crippen LogP contribution in [0.3, 0.4) is 0 Å². The van der Waals surface area contributed by atoms with Crippen molar-refractivity contribution in [1.82, 2.24) is 5.32 Å². The van der Waals surface area contributed by atoms with Gasteiger partial charge in [0.15, 0.2) is 11.5 Å². The van der Waals surface area contributed by atoms with Crippen LogP contribution in [0.2, 0.25) is 0 Å². The molecule has 1 amide bonds. The molecule has 0 aromatic heterocycles. The molecule has 0 saturated heterocycles. The molecule has 0 aliphatic carbocycles. The van der Waals surface area contributed by atoms with Gasteiger partial charge >= 0.3 is 0 Å². The molecule has 0 saturated carbocycles. The van der Waals surface area contributed by atoms with Crippen LogP contribution in [0.15, 0.2) is 24.3 Å². The van der Waals surface area contributed by atoms with Gasteiger partial charge in [-0.2, -0.15) is 0 Å². The molecule has 1 N–H and O–H groups in total. The minimum absolute atomic E-state index is 0.0264. The van der Waals surface area contributed by atoms with Crippen molar-refractivity contribution >= 4 is 12.0 Å². The SMILES string of the molecule is CCCOc1ccc(C=CC(=O)NC(C)COC)cc1OC. The summed E-state index contributed by atoms with van der Waals surface area (Å²) < 4.78 is 15.9. The highest BCUT2D eigenvalue weighted by Crippen LogP contribution is 2.28. The van der Waals surface area contributed by atoms with Gasteiger partial charge in [-0.15, -0.1) is 0 Å². The van der Waals surface area contributed by atoms with Crippen LogP contribution in [0.25, 0.3) is 6.08 Å². The summed E-state index contributed by atoms with van der Waals surface area (Å²) in [7, 11) is 3.20. The summed E-state index contributed by atoms with van der Waals surface area (Å²) in [5.74, 6) is 1.21. The lowest BCUT2D eigenvalue weighted by molar-refractivity contribution is -0.117. The lowest BCUT2D eigenvalue weighted by Crippen LogP contribution is -2.34. The van der Waals surface area contributed by atoms with E-state index in [2.05, 4.69) is 5.32 Å². The molecular weight excluding hydrogens is 282 g/mol. The van der Waals surface area contributed by atoms with E-state index in [9.17, 15) is 4.79 Å². The van der Waals surface area contributed by atoms with Crippen LogP contribution in [0.5, 0.6) is 11.5 Å². The quantitative estimate of drug-likeness (QED) is 0.713. The lowest BCUT2D eigenvalue weighted by Gasteiger charge is -2.11. The molecule has 0 radical (unpaired) electrons. The zero-order valence-electron chi connectivity index (χ0n) is 13.7. The maximum Gasteiger partial charge on any atom is 0.244 e. The van der Waals surface area contributed by atoms with E-state index in [-0.39, 0.29) is 11.9 Å². The average Bonchev–Trinajstić information content (AvgIpc) is 2.51. The number of hydrogen-bond acceptors (Lipinski definition) is 4. The first-order chi connectivity index (χ1) is 10.6. The highest BCUT2D eigenvalue weighted by molar-refractivity contribution is 5.92. The van der Waals surface area contributed by atoms with Crippen molar-refractivity contribution in [3.05, 3.63) is 29.8 Å². The van der Waals surface area contributed by atoms with Gasteiger partial charge in [0.25, 0.3) is 0 Å². The fraction of sp³-hybridized carbons (Fsp3) is 0.471. The van der Waals surface area contributed by atoms with E-state index in [1.54, 1.807) is 20.3 Å². The normalized spacial score (nSPS) is 12.2. The first-order valence-electron chi connectivity index (χ1n) is 7.39. The van der Waals surface area contributed by atoms with Gasteiger partial charge in [-0.3, -0.25) is 4.79 Å². The van der Waals surface area contributed by atoms with E-state index < -0.39 is 0 Å². The van der Waals surface area contributed by atoms with Crippen LogP contribution in [0.4, 0.5) is 0 Å². The average molecular weight is 307 g/mol. The molecule has 0 aliphatic heterocycles. The largest absolute Gasteiger partial charge is 0.493 e. The third-order valence-electron chi connectivity index (χ3n) is 2.88. The highest BCUT2D eigenvalue weighted by atomic mass is 16.5. The number of carbonyl (C=O) groups is 1. The summed E-state index contributed by atoms with van der Waals surface area (Å²) in [6, 6.07) is 5.55. The zero-order chi connectivity index (χ0) is 16.4. The minimum Gasteiger partial charge on any atom is -0.493 e. The van der Waals surface area contributed by atoms with Crippen molar-refractivity contribution < 1.29 is 19.0 Å². The fourth-order valence-electron chi connectivity index (χ4n) is 1.87. The number of rotatable bonds is 9. The molecule has 1 rings (SSSR count). The second-order valence-corrected chi connectivity index (χ2v) is 4.96. The predicted molar refractivity (Wildman–Crippen MR) is 87.3 cm³/mol. The van der Waals surface area contributed by atoms with Crippen molar-refractivity contribution in [1.29, 1.82) is 0 Å². The van der Waals surface area contributed by atoms with Gasteiger partial charge in [-0.1, -0.05) is 13.0 Å². The number of amides is 1. The van der Waals surface area contributed by atoms with Crippen LogP contribution in [0.1, 0.15) is 25.8 Å². The summed E-state index contributed by atoms with van der Waals surface area (Å²) in [5.41, 5.74) is 0.871. The van der Waals surface area contributed by atoms with Crippen molar-refractivity contribution in [2.45, 2.75) is 26.3 Å². The molecule has 0 heterocycles.